The fourth-order valence-electron chi connectivity index (χ4n) is 3.95. The Morgan fingerprint density at radius 3 is 2.33 bits per heavy atom. The maximum Gasteiger partial charge on any atom is 0.307 e. The minimum atomic E-state index is -0.157. The van der Waals surface area contributed by atoms with Crippen molar-refractivity contribution < 1.29 is 4.57 Å². The summed E-state index contributed by atoms with van der Waals surface area (Å²) >= 11 is 0. The molecule has 6 heteroatoms. The van der Waals surface area contributed by atoms with E-state index in [9.17, 15) is 0 Å². The second-order valence-corrected chi connectivity index (χ2v) is 8.91. The number of fused-ring (bicyclic) bond motifs is 2. The van der Waals surface area contributed by atoms with Crippen molar-refractivity contribution in [3.63, 3.8) is 0 Å². The number of imidazole rings is 2. The highest BCUT2D eigenvalue weighted by Crippen LogP contribution is 2.28. The van der Waals surface area contributed by atoms with Gasteiger partial charge in [-0.3, -0.25) is 0 Å². The second kappa shape index (κ2) is 5.87. The van der Waals surface area contributed by atoms with Gasteiger partial charge in [0.05, 0.1) is 17.6 Å². The maximum atomic E-state index is 4.70. The zero-order valence-corrected chi connectivity index (χ0v) is 16.9. The van der Waals surface area contributed by atoms with Crippen molar-refractivity contribution in [2.45, 2.75) is 58.9 Å². The van der Waals surface area contributed by atoms with E-state index in [-0.39, 0.29) is 10.8 Å². The number of hydrogen-bond donors (Lipinski definition) is 0. The number of aromatic nitrogens is 6. The predicted octanol–water partition coefficient (Wildman–Crippen LogP) is 3.25. The molecule has 4 rings (SSSR count). The molecule has 0 aliphatic carbocycles. The van der Waals surface area contributed by atoms with Gasteiger partial charge in [0.1, 0.15) is 12.7 Å². The molecule has 0 unspecified atom stereocenters. The van der Waals surface area contributed by atoms with Gasteiger partial charge in [0.15, 0.2) is 11.3 Å². The third-order valence-corrected chi connectivity index (χ3v) is 5.07. The van der Waals surface area contributed by atoms with Crippen LogP contribution in [0.15, 0.2) is 42.9 Å². The average molecular weight is 363 g/mol. The van der Waals surface area contributed by atoms with Crippen LogP contribution in [-0.2, 0) is 17.4 Å². The summed E-state index contributed by atoms with van der Waals surface area (Å²) in [6.45, 7) is 14.0. The number of nitrogens with zero attached hydrogens (tertiary/aromatic N) is 6. The normalized spacial score (nSPS) is 13.0. The molecular formula is C21H27N6+. The fraction of sp³-hybridized carbons (Fsp3) is 0.429. The van der Waals surface area contributed by atoms with Crippen LogP contribution in [0, 0.1) is 6.92 Å². The van der Waals surface area contributed by atoms with Gasteiger partial charge in [-0.25, -0.2) is 14.1 Å². The molecule has 0 spiro atoms. The van der Waals surface area contributed by atoms with Gasteiger partial charge in [-0.15, -0.1) is 0 Å². The Morgan fingerprint density at radius 2 is 1.63 bits per heavy atom. The third kappa shape index (κ3) is 2.89. The molecule has 6 nitrogen and oxygen atoms in total. The van der Waals surface area contributed by atoms with Crippen LogP contribution >= 0.6 is 0 Å². The van der Waals surface area contributed by atoms with Crippen molar-refractivity contribution >= 4 is 11.3 Å². The van der Waals surface area contributed by atoms with Gasteiger partial charge in [0.2, 0.25) is 0 Å². The summed E-state index contributed by atoms with van der Waals surface area (Å²) < 4.78 is 6.32. The highest BCUT2D eigenvalue weighted by atomic mass is 15.3. The van der Waals surface area contributed by atoms with Gasteiger partial charge in [0, 0.05) is 23.1 Å². The molecule has 0 bridgehead atoms. The molecule has 0 saturated carbocycles. The molecule has 0 aliphatic rings. The van der Waals surface area contributed by atoms with E-state index in [0.29, 0.717) is 0 Å². The van der Waals surface area contributed by atoms with Crippen LogP contribution in [0.3, 0.4) is 0 Å². The van der Waals surface area contributed by atoms with Crippen molar-refractivity contribution in [3.05, 3.63) is 59.9 Å². The van der Waals surface area contributed by atoms with E-state index in [1.165, 1.54) is 5.69 Å². The molecule has 4 heterocycles. The second-order valence-electron chi connectivity index (χ2n) is 8.91. The first kappa shape index (κ1) is 17.6. The standard InChI is InChI=1S/C21H27N6/c1-15-19(27-17(24-15)9-7-11-23-27)21(5,6)14-25-13-16(20(2,3)4)26-18(25)10-8-12-22-26/h7-13H,14H2,1-6H3/q+1. The van der Waals surface area contributed by atoms with Crippen LogP contribution in [0.25, 0.3) is 11.3 Å². The number of aryl methyl sites for hydroxylation is 1. The molecule has 4 aromatic rings. The van der Waals surface area contributed by atoms with Crippen LogP contribution in [-0.4, -0.2) is 24.2 Å². The average Bonchev–Trinajstić information content (AvgIpc) is 3.12. The molecule has 4 aromatic heterocycles. The summed E-state index contributed by atoms with van der Waals surface area (Å²) in [5.41, 5.74) is 5.20. The van der Waals surface area contributed by atoms with Crippen LogP contribution in [0.2, 0.25) is 0 Å². The zero-order valence-electron chi connectivity index (χ0n) is 16.9. The van der Waals surface area contributed by atoms with Gasteiger partial charge < -0.3 is 0 Å². The van der Waals surface area contributed by atoms with E-state index in [0.717, 1.165) is 29.2 Å². The minimum absolute atomic E-state index is 0.00739. The lowest BCUT2D eigenvalue weighted by Gasteiger charge is -2.22. The van der Waals surface area contributed by atoms with E-state index >= 15 is 0 Å². The van der Waals surface area contributed by atoms with Gasteiger partial charge >= 0.3 is 5.65 Å². The predicted molar refractivity (Wildman–Crippen MR) is 105 cm³/mol. The smallest absolute Gasteiger partial charge is 0.232 e. The lowest BCUT2D eigenvalue weighted by Crippen LogP contribution is -2.43. The van der Waals surface area contributed by atoms with Gasteiger partial charge in [-0.2, -0.15) is 5.10 Å². The molecule has 0 saturated heterocycles. The minimum Gasteiger partial charge on any atom is -0.232 e. The van der Waals surface area contributed by atoms with E-state index in [4.69, 9.17) is 4.98 Å². The van der Waals surface area contributed by atoms with Crippen molar-refractivity contribution in [3.8, 4) is 0 Å². The Kier molecular flexibility index (Phi) is 3.84. The molecule has 0 atom stereocenters. The van der Waals surface area contributed by atoms with Crippen LogP contribution < -0.4 is 4.57 Å². The molecule has 27 heavy (non-hydrogen) atoms. The third-order valence-electron chi connectivity index (χ3n) is 5.07. The summed E-state index contributed by atoms with van der Waals surface area (Å²) in [5, 5.41) is 9.14. The molecule has 0 N–H and O–H groups in total. The van der Waals surface area contributed by atoms with Crippen molar-refractivity contribution in [1.29, 1.82) is 0 Å². The van der Waals surface area contributed by atoms with Crippen LogP contribution in [0.4, 0.5) is 0 Å². The van der Waals surface area contributed by atoms with Gasteiger partial charge in [-0.05, 0) is 25.1 Å². The lowest BCUT2D eigenvalue weighted by molar-refractivity contribution is -0.679. The summed E-state index contributed by atoms with van der Waals surface area (Å²) in [7, 11) is 0. The van der Waals surface area contributed by atoms with Gasteiger partial charge in [-0.1, -0.05) is 44.2 Å². The van der Waals surface area contributed by atoms with Gasteiger partial charge in [0.25, 0.3) is 0 Å². The molecule has 0 aromatic carbocycles. The fourth-order valence-corrected chi connectivity index (χ4v) is 3.95. The first-order chi connectivity index (χ1) is 12.7. The first-order valence-corrected chi connectivity index (χ1v) is 9.36. The topological polar surface area (TPSA) is 51.4 Å². The summed E-state index contributed by atoms with van der Waals surface area (Å²) in [6.07, 6.45) is 5.89. The largest absolute Gasteiger partial charge is 0.307 e. The number of rotatable bonds is 3. The van der Waals surface area contributed by atoms with Crippen molar-refractivity contribution in [2.75, 3.05) is 0 Å². The molecule has 140 valence electrons. The quantitative estimate of drug-likeness (QED) is 0.525. The molecule has 0 fully saturated rings. The molecule has 0 amide bonds. The monoisotopic (exact) mass is 363 g/mol. The van der Waals surface area contributed by atoms with Crippen LogP contribution in [0.1, 0.15) is 51.7 Å². The summed E-state index contributed by atoms with van der Waals surface area (Å²) in [5.74, 6) is 0. The first-order valence-electron chi connectivity index (χ1n) is 9.36. The summed E-state index contributed by atoms with van der Waals surface area (Å²) in [4.78, 5) is 4.70. The Labute approximate surface area is 159 Å². The van der Waals surface area contributed by atoms with Crippen LogP contribution in [0.5, 0.6) is 0 Å². The Hall–Kier alpha value is -2.76. The SMILES string of the molecule is Cc1nc2cccnn2c1C(C)(C)C[n+]1cc(C(C)(C)C)n2ncccc21. The molecule has 0 radical (unpaired) electrons. The molecule has 0 aliphatic heterocycles. The van der Waals surface area contributed by atoms with E-state index in [1.54, 1.807) is 0 Å². The highest BCUT2D eigenvalue weighted by molar-refractivity contribution is 5.43. The van der Waals surface area contributed by atoms with Crippen molar-refractivity contribution in [1.82, 2.24) is 24.2 Å². The van der Waals surface area contributed by atoms with E-state index < -0.39 is 0 Å². The number of hydrogen-bond acceptors (Lipinski definition) is 3. The van der Waals surface area contributed by atoms with Crippen molar-refractivity contribution in [2.24, 2.45) is 0 Å². The molecular weight excluding hydrogens is 336 g/mol. The van der Waals surface area contributed by atoms with E-state index in [1.807, 2.05) is 35.1 Å². The Bertz CT molecular complexity index is 1130. The lowest BCUT2D eigenvalue weighted by atomic mass is 9.87. The van der Waals surface area contributed by atoms with E-state index in [2.05, 4.69) is 73.1 Å². The highest BCUT2D eigenvalue weighted by Gasteiger charge is 2.34. The Balaban J connectivity index is 1.85. The summed E-state index contributed by atoms with van der Waals surface area (Å²) in [6, 6.07) is 8.04. The zero-order chi connectivity index (χ0) is 19.4. The Morgan fingerprint density at radius 1 is 0.963 bits per heavy atom. The maximum absolute atomic E-state index is 4.70.